The Balaban J connectivity index is 2.48. The second kappa shape index (κ2) is 6.53. The number of benzene rings is 1. The van der Waals surface area contributed by atoms with E-state index >= 15 is 0 Å². The van der Waals surface area contributed by atoms with Gasteiger partial charge in [-0.3, -0.25) is 0 Å². The largest absolute Gasteiger partial charge is 0.490 e. The third-order valence-electron chi connectivity index (χ3n) is 2.01. The third kappa shape index (κ3) is 4.55. The van der Waals surface area contributed by atoms with Crippen molar-refractivity contribution in [1.29, 1.82) is 0 Å². The highest BCUT2D eigenvalue weighted by atomic mass is 16.5. The summed E-state index contributed by atoms with van der Waals surface area (Å²) in [5.74, 6) is 0.386. The highest BCUT2D eigenvalue weighted by Crippen LogP contribution is 2.13. The Morgan fingerprint density at radius 2 is 2.00 bits per heavy atom. The van der Waals surface area contributed by atoms with Crippen molar-refractivity contribution in [1.82, 2.24) is 0 Å². The lowest BCUT2D eigenvalue weighted by Crippen LogP contribution is -2.04. The van der Waals surface area contributed by atoms with Gasteiger partial charge in [-0.25, -0.2) is 4.79 Å². The molecule has 0 amide bonds. The van der Waals surface area contributed by atoms with Gasteiger partial charge in [-0.15, -0.1) is 0 Å². The van der Waals surface area contributed by atoms with Crippen LogP contribution in [0, 0.1) is 0 Å². The molecule has 0 N–H and O–H groups in total. The number of hydrogen-bond acceptors (Lipinski definition) is 3. The van der Waals surface area contributed by atoms with Crippen LogP contribution >= 0.6 is 0 Å². The van der Waals surface area contributed by atoms with Gasteiger partial charge in [0.15, 0.2) is 0 Å². The van der Waals surface area contributed by atoms with E-state index in [9.17, 15) is 4.79 Å². The Labute approximate surface area is 101 Å². The fraction of sp³-hybridized carbons (Fsp3) is 0.214. The Kier molecular flexibility index (Phi) is 5.01. The van der Waals surface area contributed by atoms with Crippen molar-refractivity contribution in [2.45, 2.75) is 13.5 Å². The van der Waals surface area contributed by atoms with Crippen LogP contribution in [-0.2, 0) is 16.1 Å². The average molecular weight is 232 g/mol. The molecule has 3 nitrogen and oxygen atoms in total. The zero-order valence-electron chi connectivity index (χ0n) is 9.94. The molecule has 0 saturated carbocycles. The van der Waals surface area contributed by atoms with Crippen LogP contribution in [0.15, 0.2) is 49.1 Å². The topological polar surface area (TPSA) is 35.5 Å². The molecule has 0 spiro atoms. The van der Waals surface area contributed by atoms with Crippen molar-refractivity contribution in [3.8, 4) is 5.75 Å². The Morgan fingerprint density at radius 1 is 1.35 bits per heavy atom. The van der Waals surface area contributed by atoms with E-state index in [1.165, 1.54) is 0 Å². The van der Waals surface area contributed by atoms with Gasteiger partial charge < -0.3 is 9.47 Å². The van der Waals surface area contributed by atoms with Gasteiger partial charge in [-0.05, 0) is 24.6 Å². The second-order valence-electron chi connectivity index (χ2n) is 3.60. The minimum Gasteiger partial charge on any atom is -0.490 e. The fourth-order valence-electron chi connectivity index (χ4n) is 1.11. The predicted molar refractivity (Wildman–Crippen MR) is 66.7 cm³/mol. The smallest absolute Gasteiger partial charge is 0.333 e. The molecule has 17 heavy (non-hydrogen) atoms. The molecule has 0 aromatic heterocycles. The van der Waals surface area contributed by atoms with Crippen LogP contribution in [-0.4, -0.2) is 12.6 Å². The molecule has 0 radical (unpaired) electrons. The summed E-state index contributed by atoms with van der Waals surface area (Å²) >= 11 is 0. The zero-order chi connectivity index (χ0) is 12.7. The summed E-state index contributed by atoms with van der Waals surface area (Å²) in [5.41, 5.74) is 1.31. The van der Waals surface area contributed by atoms with Crippen molar-refractivity contribution >= 4 is 5.97 Å². The van der Waals surface area contributed by atoms with Crippen LogP contribution in [0.2, 0.25) is 0 Å². The lowest BCUT2D eigenvalue weighted by molar-refractivity contribution is -0.140. The number of carbonyl (C=O) groups is 1. The summed E-state index contributed by atoms with van der Waals surface area (Å²) in [5, 5.41) is 0. The van der Waals surface area contributed by atoms with Crippen LogP contribution in [0.3, 0.4) is 0 Å². The van der Waals surface area contributed by atoms with Crippen molar-refractivity contribution in [2.24, 2.45) is 0 Å². The summed E-state index contributed by atoms with van der Waals surface area (Å²) < 4.78 is 10.3. The zero-order valence-corrected chi connectivity index (χ0v) is 9.94. The summed E-state index contributed by atoms with van der Waals surface area (Å²) in [6.07, 6.45) is 1.68. The van der Waals surface area contributed by atoms with Gasteiger partial charge in [0, 0.05) is 5.57 Å². The summed E-state index contributed by atoms with van der Waals surface area (Å²) in [6.45, 7) is 9.42. The Bertz CT molecular complexity index is 404. The van der Waals surface area contributed by atoms with E-state index in [1.54, 1.807) is 13.0 Å². The molecule has 1 aromatic carbocycles. The van der Waals surface area contributed by atoms with E-state index < -0.39 is 0 Å². The molecule has 1 aromatic rings. The number of ether oxygens (including phenoxy) is 2. The van der Waals surface area contributed by atoms with E-state index in [-0.39, 0.29) is 12.6 Å². The van der Waals surface area contributed by atoms with Crippen molar-refractivity contribution < 1.29 is 14.3 Å². The first-order valence-electron chi connectivity index (χ1n) is 5.28. The minimum atomic E-state index is -0.378. The van der Waals surface area contributed by atoms with Gasteiger partial charge in [-0.2, -0.15) is 0 Å². The summed E-state index contributed by atoms with van der Waals surface area (Å²) in [6, 6.07) is 7.36. The van der Waals surface area contributed by atoms with E-state index in [0.717, 1.165) is 11.3 Å². The summed E-state index contributed by atoms with van der Waals surface area (Å²) in [7, 11) is 0. The molecule has 0 aliphatic carbocycles. The molecule has 0 aliphatic heterocycles. The Hall–Kier alpha value is -2.03. The standard InChI is InChI=1S/C14H16O3/c1-4-9-16-13-7-5-12(6-8-13)10-17-14(15)11(2)3/h4-8H,1-2,9-10H2,3H3. The molecule has 3 heteroatoms. The minimum absolute atomic E-state index is 0.243. The number of hydrogen-bond donors (Lipinski definition) is 0. The van der Waals surface area contributed by atoms with Crippen molar-refractivity contribution in [2.75, 3.05) is 6.61 Å². The quantitative estimate of drug-likeness (QED) is 0.430. The molecule has 0 atom stereocenters. The van der Waals surface area contributed by atoms with Crippen LogP contribution in [0.5, 0.6) is 5.75 Å². The number of rotatable bonds is 6. The Morgan fingerprint density at radius 3 is 2.53 bits per heavy atom. The maximum absolute atomic E-state index is 11.2. The molecule has 90 valence electrons. The maximum Gasteiger partial charge on any atom is 0.333 e. The lowest BCUT2D eigenvalue weighted by Gasteiger charge is -2.06. The monoisotopic (exact) mass is 232 g/mol. The van der Waals surface area contributed by atoms with Gasteiger partial charge in [-0.1, -0.05) is 31.4 Å². The van der Waals surface area contributed by atoms with Crippen LogP contribution < -0.4 is 4.74 Å². The highest BCUT2D eigenvalue weighted by molar-refractivity contribution is 5.86. The lowest BCUT2D eigenvalue weighted by atomic mass is 10.2. The van der Waals surface area contributed by atoms with Crippen LogP contribution in [0.4, 0.5) is 0 Å². The highest BCUT2D eigenvalue weighted by Gasteiger charge is 2.03. The van der Waals surface area contributed by atoms with Crippen molar-refractivity contribution in [3.05, 3.63) is 54.6 Å². The summed E-state index contributed by atoms with van der Waals surface area (Å²) in [4.78, 5) is 11.2. The van der Waals surface area contributed by atoms with Gasteiger partial charge in [0.25, 0.3) is 0 Å². The van der Waals surface area contributed by atoms with E-state index in [0.29, 0.717) is 12.2 Å². The SMILES string of the molecule is C=CCOc1ccc(COC(=O)C(=C)C)cc1. The predicted octanol–water partition coefficient (Wildman–Crippen LogP) is 2.87. The van der Waals surface area contributed by atoms with Crippen LogP contribution in [0.25, 0.3) is 0 Å². The van der Waals surface area contributed by atoms with E-state index in [4.69, 9.17) is 9.47 Å². The fourth-order valence-corrected chi connectivity index (χ4v) is 1.11. The molecule has 0 bridgehead atoms. The normalized spacial score (nSPS) is 9.47. The van der Waals surface area contributed by atoms with Gasteiger partial charge in [0.2, 0.25) is 0 Å². The second-order valence-corrected chi connectivity index (χ2v) is 3.60. The molecular formula is C14H16O3. The molecule has 1 rings (SSSR count). The van der Waals surface area contributed by atoms with Gasteiger partial charge in [0.05, 0.1) is 0 Å². The number of carbonyl (C=O) groups excluding carboxylic acids is 1. The van der Waals surface area contributed by atoms with E-state index in [2.05, 4.69) is 13.2 Å². The maximum atomic E-state index is 11.2. The molecule has 0 heterocycles. The van der Waals surface area contributed by atoms with Gasteiger partial charge >= 0.3 is 5.97 Å². The van der Waals surface area contributed by atoms with E-state index in [1.807, 2.05) is 24.3 Å². The first-order valence-corrected chi connectivity index (χ1v) is 5.28. The number of esters is 1. The molecule has 0 aliphatic rings. The van der Waals surface area contributed by atoms with Crippen molar-refractivity contribution in [3.63, 3.8) is 0 Å². The molecular weight excluding hydrogens is 216 g/mol. The third-order valence-corrected chi connectivity index (χ3v) is 2.01. The van der Waals surface area contributed by atoms with Gasteiger partial charge in [0.1, 0.15) is 19.0 Å². The molecule has 0 saturated heterocycles. The average Bonchev–Trinajstić information content (AvgIpc) is 2.34. The van der Waals surface area contributed by atoms with Crippen LogP contribution in [0.1, 0.15) is 12.5 Å². The first-order chi connectivity index (χ1) is 8.13. The molecule has 0 fully saturated rings. The molecule has 0 unspecified atom stereocenters. The first kappa shape index (κ1) is 13.0.